The molecule has 0 radical (unpaired) electrons. The van der Waals surface area contributed by atoms with Gasteiger partial charge in [-0.15, -0.1) is 0 Å². The van der Waals surface area contributed by atoms with Crippen molar-refractivity contribution in [3.8, 4) is 11.3 Å². The molecule has 32 heavy (non-hydrogen) atoms. The minimum Gasteiger partial charge on any atom is -0.398 e. The molecular formula is C25H30N6O. The number of carbonyl (C=O) groups is 1. The molecule has 0 saturated heterocycles. The Bertz CT molecular complexity index is 1150. The van der Waals surface area contributed by atoms with E-state index >= 15 is 0 Å². The number of H-pyrrole nitrogens is 1. The van der Waals surface area contributed by atoms with Crippen LogP contribution in [0.4, 0.5) is 10.5 Å². The van der Waals surface area contributed by atoms with Crippen LogP contribution in [0.2, 0.25) is 0 Å². The lowest BCUT2D eigenvalue weighted by atomic mass is 9.99. The molecule has 166 valence electrons. The number of amides is 2. The number of benzene rings is 1. The number of rotatable bonds is 6. The van der Waals surface area contributed by atoms with Crippen molar-refractivity contribution >= 4 is 28.7 Å². The third-order valence-corrected chi connectivity index (χ3v) is 5.86. The zero-order valence-electron chi connectivity index (χ0n) is 18.6. The Hall–Kier alpha value is -3.61. The number of amidine groups is 1. The lowest BCUT2D eigenvalue weighted by Gasteiger charge is -2.20. The van der Waals surface area contributed by atoms with Gasteiger partial charge in [-0.05, 0) is 56.7 Å². The summed E-state index contributed by atoms with van der Waals surface area (Å²) in [5.41, 5.74) is 17.6. The van der Waals surface area contributed by atoms with Crippen LogP contribution in [0.3, 0.4) is 0 Å². The van der Waals surface area contributed by atoms with E-state index in [1.807, 2.05) is 31.2 Å². The summed E-state index contributed by atoms with van der Waals surface area (Å²) in [4.78, 5) is 21.7. The molecule has 0 aliphatic heterocycles. The zero-order valence-corrected chi connectivity index (χ0v) is 18.6. The molecule has 6 N–H and O–H groups in total. The van der Waals surface area contributed by atoms with Gasteiger partial charge in [0.05, 0.1) is 5.69 Å². The Morgan fingerprint density at radius 1 is 1.34 bits per heavy atom. The van der Waals surface area contributed by atoms with Gasteiger partial charge in [0, 0.05) is 28.4 Å². The fraction of sp³-hybridized carbons (Fsp3) is 0.320. The smallest absolute Gasteiger partial charge is 0.320 e. The SMILES string of the molecule is CC/C=C(\C)c1cc(-c2[nH]c(C3=CCCC=C3)nc2C(=N)N(C(N)=O)C2CC2)ccc1N. The number of primary amides is 1. The molecule has 2 aromatic rings. The summed E-state index contributed by atoms with van der Waals surface area (Å²) >= 11 is 0. The summed E-state index contributed by atoms with van der Waals surface area (Å²) in [6.45, 7) is 4.13. The second-order valence-corrected chi connectivity index (χ2v) is 8.33. The molecule has 1 heterocycles. The molecule has 0 atom stereocenters. The molecule has 2 aliphatic carbocycles. The van der Waals surface area contributed by atoms with Gasteiger partial charge in [-0.3, -0.25) is 10.3 Å². The Morgan fingerprint density at radius 2 is 2.12 bits per heavy atom. The van der Waals surface area contributed by atoms with Crippen molar-refractivity contribution in [1.82, 2.24) is 14.9 Å². The second kappa shape index (κ2) is 8.86. The van der Waals surface area contributed by atoms with Crippen LogP contribution in [0.5, 0.6) is 0 Å². The molecule has 7 heteroatoms. The third-order valence-electron chi connectivity index (χ3n) is 5.86. The first-order chi connectivity index (χ1) is 15.4. The number of aromatic amines is 1. The summed E-state index contributed by atoms with van der Waals surface area (Å²) < 4.78 is 0. The third kappa shape index (κ3) is 4.23. The van der Waals surface area contributed by atoms with E-state index in [0.29, 0.717) is 22.9 Å². The topological polar surface area (TPSA) is 125 Å². The van der Waals surface area contributed by atoms with Crippen molar-refractivity contribution in [2.24, 2.45) is 5.73 Å². The number of nitrogens with zero attached hydrogens (tertiary/aromatic N) is 2. The summed E-state index contributed by atoms with van der Waals surface area (Å²) in [7, 11) is 0. The van der Waals surface area contributed by atoms with Crippen LogP contribution in [-0.4, -0.2) is 32.8 Å². The molecule has 0 unspecified atom stereocenters. The van der Waals surface area contributed by atoms with Gasteiger partial charge in [0.25, 0.3) is 0 Å². The number of hydrogen-bond donors (Lipinski definition) is 4. The average molecular weight is 431 g/mol. The van der Waals surface area contributed by atoms with E-state index in [1.54, 1.807) is 0 Å². The number of nitrogens with one attached hydrogen (secondary N) is 2. The number of urea groups is 1. The molecule has 0 bridgehead atoms. The summed E-state index contributed by atoms with van der Waals surface area (Å²) in [5, 5.41) is 8.82. The monoisotopic (exact) mass is 430 g/mol. The van der Waals surface area contributed by atoms with E-state index in [2.05, 4.69) is 30.1 Å². The van der Waals surface area contributed by atoms with Gasteiger partial charge >= 0.3 is 6.03 Å². The Kier molecular flexibility index (Phi) is 5.99. The van der Waals surface area contributed by atoms with Crippen LogP contribution < -0.4 is 11.5 Å². The maximum Gasteiger partial charge on any atom is 0.320 e. The number of nitrogens with two attached hydrogens (primary N) is 2. The highest BCUT2D eigenvalue weighted by Crippen LogP contribution is 2.34. The lowest BCUT2D eigenvalue weighted by Crippen LogP contribution is -2.42. The van der Waals surface area contributed by atoms with Crippen LogP contribution in [0, 0.1) is 5.41 Å². The number of allylic oxidation sites excluding steroid dienone is 6. The average Bonchev–Trinajstić information content (AvgIpc) is 3.50. The van der Waals surface area contributed by atoms with Gasteiger partial charge in [0.1, 0.15) is 11.5 Å². The molecule has 0 spiro atoms. The number of imidazole rings is 1. The predicted molar refractivity (Wildman–Crippen MR) is 130 cm³/mol. The number of carbonyl (C=O) groups excluding carboxylic acids is 1. The van der Waals surface area contributed by atoms with Gasteiger partial charge < -0.3 is 16.5 Å². The maximum atomic E-state index is 12.1. The summed E-state index contributed by atoms with van der Waals surface area (Å²) in [5.74, 6) is 0.701. The number of nitrogen functional groups attached to an aromatic ring is 1. The van der Waals surface area contributed by atoms with Crippen molar-refractivity contribution in [3.05, 3.63) is 59.6 Å². The van der Waals surface area contributed by atoms with Gasteiger partial charge in [-0.2, -0.15) is 0 Å². The highest BCUT2D eigenvalue weighted by Gasteiger charge is 2.36. The molecule has 1 aromatic carbocycles. The fourth-order valence-electron chi connectivity index (χ4n) is 4.07. The van der Waals surface area contributed by atoms with Crippen molar-refractivity contribution in [2.75, 3.05) is 5.73 Å². The molecular weight excluding hydrogens is 400 g/mol. The minimum atomic E-state index is -0.621. The number of anilines is 1. The van der Waals surface area contributed by atoms with Gasteiger partial charge in [-0.25, -0.2) is 9.78 Å². The minimum absolute atomic E-state index is 0.0251. The number of aromatic nitrogens is 2. The molecule has 2 aliphatic rings. The highest BCUT2D eigenvalue weighted by atomic mass is 16.2. The standard InChI is InChI=1S/C25H30N6O/c1-3-7-15(2)19-14-17(10-13-20(19)26)21-22(23(27)31(25(28)32)18-11-12-18)30-24(29-21)16-8-5-4-6-9-16/h5,7-10,13-14,18,27H,3-4,6,11-12,26H2,1-2H3,(H2,28,32)(H,29,30)/b15-7+,27-23?. The van der Waals surface area contributed by atoms with Crippen LogP contribution in [0.25, 0.3) is 22.4 Å². The van der Waals surface area contributed by atoms with Gasteiger partial charge in [0.15, 0.2) is 5.84 Å². The fourth-order valence-corrected chi connectivity index (χ4v) is 4.07. The van der Waals surface area contributed by atoms with Crippen molar-refractivity contribution in [1.29, 1.82) is 5.41 Å². The van der Waals surface area contributed by atoms with E-state index < -0.39 is 6.03 Å². The molecule has 1 fully saturated rings. The summed E-state index contributed by atoms with van der Waals surface area (Å²) in [6.07, 6.45) is 13.0. The predicted octanol–water partition coefficient (Wildman–Crippen LogP) is 5.07. The van der Waals surface area contributed by atoms with Crippen molar-refractivity contribution in [3.63, 3.8) is 0 Å². The normalized spacial score (nSPS) is 16.1. The lowest BCUT2D eigenvalue weighted by molar-refractivity contribution is 0.228. The first-order valence-electron chi connectivity index (χ1n) is 11.1. The highest BCUT2D eigenvalue weighted by molar-refractivity contribution is 6.08. The zero-order chi connectivity index (χ0) is 22.8. The molecule has 1 saturated carbocycles. The Balaban J connectivity index is 1.84. The Labute approximate surface area is 188 Å². The van der Waals surface area contributed by atoms with Crippen LogP contribution in [0.1, 0.15) is 63.0 Å². The molecule has 2 amide bonds. The molecule has 4 rings (SSSR count). The molecule has 7 nitrogen and oxygen atoms in total. The quantitative estimate of drug-likeness (QED) is 0.290. The first-order valence-corrected chi connectivity index (χ1v) is 11.1. The largest absolute Gasteiger partial charge is 0.398 e. The summed E-state index contributed by atoms with van der Waals surface area (Å²) in [6, 6.07) is 5.16. The van der Waals surface area contributed by atoms with E-state index in [9.17, 15) is 4.79 Å². The van der Waals surface area contributed by atoms with Crippen LogP contribution in [-0.2, 0) is 0 Å². The second-order valence-electron chi connectivity index (χ2n) is 8.33. The van der Waals surface area contributed by atoms with Gasteiger partial charge in [0.2, 0.25) is 0 Å². The van der Waals surface area contributed by atoms with Crippen molar-refractivity contribution in [2.45, 2.75) is 52.0 Å². The number of hydrogen-bond acceptors (Lipinski definition) is 4. The first kappa shape index (κ1) is 21.6. The van der Waals surface area contributed by atoms with E-state index in [4.69, 9.17) is 21.9 Å². The van der Waals surface area contributed by atoms with Crippen LogP contribution in [0.15, 0.2) is 42.5 Å². The van der Waals surface area contributed by atoms with E-state index in [0.717, 1.165) is 54.4 Å². The van der Waals surface area contributed by atoms with Crippen LogP contribution >= 0.6 is 0 Å². The van der Waals surface area contributed by atoms with E-state index in [1.165, 1.54) is 4.90 Å². The maximum absolute atomic E-state index is 12.1. The van der Waals surface area contributed by atoms with Gasteiger partial charge in [-0.1, -0.05) is 37.3 Å². The van der Waals surface area contributed by atoms with Crippen molar-refractivity contribution < 1.29 is 4.79 Å². The Morgan fingerprint density at radius 3 is 2.75 bits per heavy atom. The molecule has 1 aromatic heterocycles. The van der Waals surface area contributed by atoms with E-state index in [-0.39, 0.29) is 11.9 Å².